The molecule has 2 rings (SSSR count). The summed E-state index contributed by atoms with van der Waals surface area (Å²) in [5.41, 5.74) is 4.14. The maximum atomic E-state index is 12.2. The topological polar surface area (TPSA) is 79.8 Å². The van der Waals surface area contributed by atoms with Crippen LogP contribution < -0.4 is 10.7 Å². The van der Waals surface area contributed by atoms with E-state index in [0.29, 0.717) is 0 Å². The highest BCUT2D eigenvalue weighted by Crippen LogP contribution is 2.16. The Bertz CT molecular complexity index is 766. The van der Waals surface area contributed by atoms with Crippen LogP contribution in [0.2, 0.25) is 0 Å². The lowest BCUT2D eigenvalue weighted by molar-refractivity contribution is -0.121. The number of ether oxygens (including phenoxy) is 1. The van der Waals surface area contributed by atoms with Crippen LogP contribution in [0.25, 0.3) is 0 Å². The van der Waals surface area contributed by atoms with Gasteiger partial charge in [0.25, 0.3) is 0 Å². The molecule has 0 radical (unpaired) electrons. The number of hydrazone groups is 1. The number of nitrogens with zero attached hydrogens (tertiary/aromatic N) is 1. The molecule has 2 N–H and O–H groups in total. The van der Waals surface area contributed by atoms with Crippen molar-refractivity contribution >= 4 is 34.1 Å². The Morgan fingerprint density at radius 1 is 1.19 bits per heavy atom. The van der Waals surface area contributed by atoms with Crippen LogP contribution in [0.15, 0.2) is 64.2 Å². The van der Waals surface area contributed by atoms with Crippen LogP contribution in [0.5, 0.6) is 0 Å². The lowest BCUT2D eigenvalue weighted by Crippen LogP contribution is -2.33. The molecule has 2 aromatic carbocycles. The molecule has 0 spiro atoms. The molecule has 1 atom stereocenters. The van der Waals surface area contributed by atoms with E-state index in [4.69, 9.17) is 4.74 Å². The number of hydrogen-bond donors (Lipinski definition) is 2. The standard InChI is InChI=1S/C19H20BrN3O3/c1-2-26-19(25)22-17(15-8-4-3-5-9-15)12-18(24)23-21-13-14-7-6-10-16(20)11-14/h3-11,13,17H,2,12H2,1H3,(H,22,25)(H,23,24)/b21-13-/t17-/m0/s1. The lowest BCUT2D eigenvalue weighted by Gasteiger charge is -2.18. The third kappa shape index (κ3) is 6.68. The van der Waals surface area contributed by atoms with Crippen molar-refractivity contribution in [1.82, 2.24) is 10.7 Å². The Morgan fingerprint density at radius 2 is 1.96 bits per heavy atom. The SMILES string of the molecule is CCOC(=O)N[C@@H](CC(=O)N/N=C\c1cccc(Br)c1)c1ccccc1. The first-order valence-corrected chi connectivity index (χ1v) is 8.93. The van der Waals surface area contributed by atoms with E-state index < -0.39 is 12.1 Å². The molecule has 6 nitrogen and oxygen atoms in total. The molecule has 0 saturated heterocycles. The van der Waals surface area contributed by atoms with Gasteiger partial charge in [0.05, 0.1) is 25.3 Å². The van der Waals surface area contributed by atoms with E-state index in [0.717, 1.165) is 15.6 Å². The molecule has 7 heteroatoms. The van der Waals surface area contributed by atoms with Crippen LogP contribution in [0.1, 0.15) is 30.5 Å². The fraction of sp³-hybridized carbons (Fsp3) is 0.211. The van der Waals surface area contributed by atoms with Crippen molar-refractivity contribution in [2.75, 3.05) is 6.61 Å². The van der Waals surface area contributed by atoms with Crippen molar-refractivity contribution in [2.45, 2.75) is 19.4 Å². The van der Waals surface area contributed by atoms with Gasteiger partial charge in [0, 0.05) is 4.47 Å². The van der Waals surface area contributed by atoms with Crippen LogP contribution >= 0.6 is 15.9 Å². The second kappa shape index (κ2) is 10.4. The summed E-state index contributed by atoms with van der Waals surface area (Å²) in [6.45, 7) is 1.98. The van der Waals surface area contributed by atoms with Gasteiger partial charge in [-0.05, 0) is 30.2 Å². The largest absolute Gasteiger partial charge is 0.450 e. The van der Waals surface area contributed by atoms with Crippen molar-refractivity contribution in [2.24, 2.45) is 5.10 Å². The summed E-state index contributed by atoms with van der Waals surface area (Å²) in [5, 5.41) is 6.66. The molecule has 0 aliphatic carbocycles. The van der Waals surface area contributed by atoms with E-state index >= 15 is 0 Å². The Balaban J connectivity index is 1.98. The first kappa shape index (κ1) is 19.7. The fourth-order valence-electron chi connectivity index (χ4n) is 2.25. The molecule has 0 fully saturated rings. The number of nitrogens with one attached hydrogen (secondary N) is 2. The van der Waals surface area contributed by atoms with E-state index in [2.05, 4.69) is 31.8 Å². The predicted molar refractivity (Wildman–Crippen MR) is 104 cm³/mol. The maximum absolute atomic E-state index is 12.2. The fourth-order valence-corrected chi connectivity index (χ4v) is 2.67. The van der Waals surface area contributed by atoms with Gasteiger partial charge in [-0.3, -0.25) is 4.79 Å². The number of amides is 2. The Morgan fingerprint density at radius 3 is 2.65 bits per heavy atom. The van der Waals surface area contributed by atoms with Crippen LogP contribution in [0.3, 0.4) is 0 Å². The first-order chi connectivity index (χ1) is 12.6. The average molecular weight is 418 g/mol. The molecule has 2 amide bonds. The van der Waals surface area contributed by atoms with Gasteiger partial charge in [-0.25, -0.2) is 10.2 Å². The van der Waals surface area contributed by atoms with Crippen molar-refractivity contribution in [3.8, 4) is 0 Å². The highest BCUT2D eigenvalue weighted by Gasteiger charge is 2.18. The number of rotatable bonds is 7. The quantitative estimate of drug-likeness (QED) is 0.531. The van der Waals surface area contributed by atoms with Gasteiger partial charge >= 0.3 is 6.09 Å². The third-order valence-electron chi connectivity index (χ3n) is 3.41. The van der Waals surface area contributed by atoms with Crippen LogP contribution in [0, 0.1) is 0 Å². The summed E-state index contributed by atoms with van der Waals surface area (Å²) >= 11 is 3.38. The van der Waals surface area contributed by atoms with E-state index in [-0.39, 0.29) is 18.9 Å². The van der Waals surface area contributed by atoms with Crippen molar-refractivity contribution < 1.29 is 14.3 Å². The molecular formula is C19H20BrN3O3. The van der Waals surface area contributed by atoms with E-state index in [9.17, 15) is 9.59 Å². The molecule has 0 aromatic heterocycles. The number of alkyl carbamates (subject to hydrolysis) is 1. The first-order valence-electron chi connectivity index (χ1n) is 8.14. The second-order valence-corrected chi connectivity index (χ2v) is 6.30. The third-order valence-corrected chi connectivity index (χ3v) is 3.90. The molecule has 0 unspecified atom stereocenters. The molecule has 0 aliphatic rings. The maximum Gasteiger partial charge on any atom is 0.407 e. The average Bonchev–Trinajstić information content (AvgIpc) is 2.62. The van der Waals surface area contributed by atoms with Gasteiger partial charge in [0.2, 0.25) is 5.91 Å². The van der Waals surface area contributed by atoms with Crippen LogP contribution in [-0.4, -0.2) is 24.8 Å². The highest BCUT2D eigenvalue weighted by molar-refractivity contribution is 9.10. The Kier molecular flexibility index (Phi) is 7.82. The molecular weight excluding hydrogens is 398 g/mol. The molecule has 0 bridgehead atoms. The summed E-state index contributed by atoms with van der Waals surface area (Å²) in [5.74, 6) is -0.318. The zero-order valence-corrected chi connectivity index (χ0v) is 15.9. The number of carbonyl (C=O) groups is 2. The van der Waals surface area contributed by atoms with Gasteiger partial charge in [0.1, 0.15) is 0 Å². The summed E-state index contributed by atoms with van der Waals surface area (Å²) < 4.78 is 5.84. The second-order valence-electron chi connectivity index (χ2n) is 5.38. The lowest BCUT2D eigenvalue weighted by atomic mass is 10.0. The Hall–Kier alpha value is -2.67. The van der Waals surface area contributed by atoms with Gasteiger partial charge in [0.15, 0.2) is 0 Å². The highest BCUT2D eigenvalue weighted by atomic mass is 79.9. The minimum Gasteiger partial charge on any atom is -0.450 e. The number of carbonyl (C=O) groups excluding carboxylic acids is 2. The number of halogens is 1. The molecule has 0 heterocycles. The number of hydrogen-bond acceptors (Lipinski definition) is 4. The van der Waals surface area contributed by atoms with Gasteiger partial charge in [-0.1, -0.05) is 58.4 Å². The molecule has 26 heavy (non-hydrogen) atoms. The summed E-state index contributed by atoms with van der Waals surface area (Å²) in [6, 6.07) is 16.3. The van der Waals surface area contributed by atoms with Crippen molar-refractivity contribution in [1.29, 1.82) is 0 Å². The minimum atomic E-state index is -0.563. The zero-order chi connectivity index (χ0) is 18.8. The van der Waals surface area contributed by atoms with Gasteiger partial charge in [-0.2, -0.15) is 5.10 Å². The zero-order valence-electron chi connectivity index (χ0n) is 14.3. The normalized spacial score (nSPS) is 11.8. The molecule has 136 valence electrons. The van der Waals surface area contributed by atoms with Crippen molar-refractivity contribution in [3.63, 3.8) is 0 Å². The molecule has 0 saturated carbocycles. The Labute approximate surface area is 160 Å². The molecule has 0 aliphatic heterocycles. The van der Waals surface area contributed by atoms with Gasteiger partial charge < -0.3 is 10.1 Å². The van der Waals surface area contributed by atoms with E-state index in [1.807, 2.05) is 54.6 Å². The van der Waals surface area contributed by atoms with E-state index in [1.165, 1.54) is 0 Å². The summed E-state index contributed by atoms with van der Waals surface area (Å²) in [7, 11) is 0. The molecule has 2 aromatic rings. The summed E-state index contributed by atoms with van der Waals surface area (Å²) in [6.07, 6.45) is 1.03. The monoisotopic (exact) mass is 417 g/mol. The minimum absolute atomic E-state index is 0.0403. The smallest absolute Gasteiger partial charge is 0.407 e. The summed E-state index contributed by atoms with van der Waals surface area (Å²) in [4.78, 5) is 23.9. The van der Waals surface area contributed by atoms with Crippen LogP contribution in [-0.2, 0) is 9.53 Å². The number of benzene rings is 2. The van der Waals surface area contributed by atoms with Crippen LogP contribution in [0.4, 0.5) is 4.79 Å². The predicted octanol–water partition coefficient (Wildman–Crippen LogP) is 3.78. The van der Waals surface area contributed by atoms with Gasteiger partial charge in [-0.15, -0.1) is 0 Å². The van der Waals surface area contributed by atoms with E-state index in [1.54, 1.807) is 13.1 Å². The van der Waals surface area contributed by atoms with Crippen molar-refractivity contribution in [3.05, 3.63) is 70.2 Å².